The summed E-state index contributed by atoms with van der Waals surface area (Å²) in [4.78, 5) is 25.5. The first-order valence-electron chi connectivity index (χ1n) is 11.9. The van der Waals surface area contributed by atoms with E-state index in [-0.39, 0.29) is 11.9 Å². The van der Waals surface area contributed by atoms with Crippen LogP contribution in [0.25, 0.3) is 0 Å². The molecule has 3 heterocycles. The number of nitrogens with zero attached hydrogens (tertiary/aromatic N) is 4. The number of piperidine rings is 1. The molecule has 1 aromatic heterocycles. The second-order valence-electron chi connectivity index (χ2n) is 9.37. The third-order valence-corrected chi connectivity index (χ3v) is 6.73. The number of amides is 1. The highest BCUT2D eigenvalue weighted by atomic mass is 19.3. The molecule has 1 spiro atoms. The monoisotopic (exact) mass is 457 g/mol. The molecule has 1 N–H and O–H groups in total. The summed E-state index contributed by atoms with van der Waals surface area (Å²) in [6.07, 6.45) is 5.02. The molecule has 178 valence electrons. The first-order chi connectivity index (χ1) is 15.7. The second kappa shape index (κ2) is 8.88. The number of carbonyl (C=O) groups excluding carboxylic acids is 1. The van der Waals surface area contributed by atoms with Crippen LogP contribution in [0.1, 0.15) is 61.1 Å². The van der Waals surface area contributed by atoms with Gasteiger partial charge in [-0.1, -0.05) is 19.9 Å². The first kappa shape index (κ1) is 23.4. The molecule has 1 amide bonds. The van der Waals surface area contributed by atoms with Crippen LogP contribution in [0.2, 0.25) is 0 Å². The van der Waals surface area contributed by atoms with Gasteiger partial charge in [-0.15, -0.1) is 0 Å². The zero-order chi connectivity index (χ0) is 23.8. The maximum atomic E-state index is 13.2. The van der Waals surface area contributed by atoms with Gasteiger partial charge >= 0.3 is 0 Å². The van der Waals surface area contributed by atoms with Gasteiger partial charge in [0.2, 0.25) is 5.95 Å². The van der Waals surface area contributed by atoms with Gasteiger partial charge in [0.25, 0.3) is 11.8 Å². The molecule has 0 bridgehead atoms. The molecule has 3 fully saturated rings. The highest BCUT2D eigenvalue weighted by Crippen LogP contribution is 2.54. The van der Waals surface area contributed by atoms with E-state index < -0.39 is 19.0 Å². The lowest BCUT2D eigenvalue weighted by molar-refractivity contribution is -0.0271. The summed E-state index contributed by atoms with van der Waals surface area (Å²) in [5.41, 5.74) is 3.83. The van der Waals surface area contributed by atoms with E-state index in [0.717, 1.165) is 24.3 Å². The smallest absolute Gasteiger partial charge is 0.282 e. The van der Waals surface area contributed by atoms with Crippen LogP contribution in [0.5, 0.6) is 0 Å². The average Bonchev–Trinajstić information content (AvgIpc) is 3.52. The van der Waals surface area contributed by atoms with Gasteiger partial charge in [0.15, 0.2) is 0 Å². The number of hydrogen-bond donors (Lipinski definition) is 1. The summed E-state index contributed by atoms with van der Waals surface area (Å²) in [5.74, 6) is -2.42. The van der Waals surface area contributed by atoms with Crippen molar-refractivity contribution in [1.29, 1.82) is 0 Å². The van der Waals surface area contributed by atoms with Crippen LogP contribution in [0, 0.1) is 19.3 Å². The van der Waals surface area contributed by atoms with E-state index in [1.165, 1.54) is 30.6 Å². The molecular formula is C25H33F2N5O. The second-order valence-corrected chi connectivity index (χ2v) is 9.37. The van der Waals surface area contributed by atoms with Crippen LogP contribution in [0.3, 0.4) is 0 Å². The summed E-state index contributed by atoms with van der Waals surface area (Å²) in [5, 5.41) is 2.86. The molecule has 5 rings (SSSR count). The Balaban J connectivity index is 0.00000126. The average molecular weight is 458 g/mol. The Morgan fingerprint density at radius 3 is 2.24 bits per heavy atom. The number of halogens is 2. The first-order valence-corrected chi connectivity index (χ1v) is 11.9. The Morgan fingerprint density at radius 2 is 1.64 bits per heavy atom. The normalized spacial score (nSPS) is 19.9. The van der Waals surface area contributed by atoms with Gasteiger partial charge in [-0.25, -0.2) is 13.8 Å². The van der Waals surface area contributed by atoms with Crippen molar-refractivity contribution in [2.45, 2.75) is 59.3 Å². The Labute approximate surface area is 194 Å². The fourth-order valence-corrected chi connectivity index (χ4v) is 4.59. The molecule has 1 aromatic carbocycles. The van der Waals surface area contributed by atoms with Crippen molar-refractivity contribution in [3.8, 4) is 0 Å². The molecule has 1 aliphatic carbocycles. The van der Waals surface area contributed by atoms with Gasteiger partial charge in [0.05, 0.1) is 18.7 Å². The predicted molar refractivity (Wildman–Crippen MR) is 128 cm³/mol. The molecule has 1 saturated carbocycles. The van der Waals surface area contributed by atoms with Crippen molar-refractivity contribution in [2.24, 2.45) is 5.41 Å². The zero-order valence-electron chi connectivity index (χ0n) is 19.9. The zero-order valence-corrected chi connectivity index (χ0v) is 19.9. The standard InChI is InChI=1S/C23H27F2N5O.C2H6/c1-15-3-4-17(18(11-15)29-9-7-22(5-6-22)8-10-29)20(31)27-19-12-16(2)26-21(28-19)30-13-23(24,25)14-30;1-2/h3-4,11-12H,5-10,13-14H2,1-2H3,(H,26,27,28,31);1-2H3. The maximum Gasteiger partial charge on any atom is 0.282 e. The van der Waals surface area contributed by atoms with Crippen LogP contribution in [0.15, 0.2) is 24.3 Å². The summed E-state index contributed by atoms with van der Waals surface area (Å²) < 4.78 is 26.5. The number of benzene rings is 1. The molecule has 0 unspecified atom stereocenters. The number of aromatic nitrogens is 2. The van der Waals surface area contributed by atoms with Crippen LogP contribution in [-0.2, 0) is 0 Å². The topological polar surface area (TPSA) is 61.4 Å². The molecule has 2 aliphatic heterocycles. The predicted octanol–water partition coefficient (Wildman–Crippen LogP) is 5.21. The van der Waals surface area contributed by atoms with Crippen LogP contribution in [-0.4, -0.2) is 48.0 Å². The number of rotatable bonds is 4. The third kappa shape index (κ3) is 5.09. The minimum atomic E-state index is -2.71. The number of aryl methyl sites for hydroxylation is 2. The molecule has 3 aliphatic rings. The van der Waals surface area contributed by atoms with Crippen molar-refractivity contribution in [1.82, 2.24) is 9.97 Å². The highest BCUT2D eigenvalue weighted by molar-refractivity contribution is 6.08. The molecule has 33 heavy (non-hydrogen) atoms. The number of alkyl halides is 2. The summed E-state index contributed by atoms with van der Waals surface area (Å²) in [6, 6.07) is 7.51. The quantitative estimate of drug-likeness (QED) is 0.683. The highest BCUT2D eigenvalue weighted by Gasteiger charge is 2.46. The van der Waals surface area contributed by atoms with Crippen molar-refractivity contribution >= 4 is 23.4 Å². The molecule has 6 nitrogen and oxygen atoms in total. The van der Waals surface area contributed by atoms with Crippen molar-refractivity contribution in [3.05, 3.63) is 41.1 Å². The Bertz CT molecular complexity index is 1020. The van der Waals surface area contributed by atoms with E-state index in [0.29, 0.717) is 22.5 Å². The van der Waals surface area contributed by atoms with Crippen LogP contribution in [0.4, 0.5) is 26.2 Å². The molecule has 2 saturated heterocycles. The molecule has 8 heteroatoms. The number of anilines is 3. The Morgan fingerprint density at radius 1 is 0.970 bits per heavy atom. The summed E-state index contributed by atoms with van der Waals surface area (Å²) in [7, 11) is 0. The van der Waals surface area contributed by atoms with Crippen molar-refractivity contribution < 1.29 is 13.6 Å². The maximum absolute atomic E-state index is 13.2. The van der Waals surface area contributed by atoms with E-state index in [4.69, 9.17) is 0 Å². The lowest BCUT2D eigenvalue weighted by atomic mass is 9.92. The van der Waals surface area contributed by atoms with Crippen molar-refractivity contribution in [2.75, 3.05) is 41.3 Å². The number of carbonyl (C=O) groups is 1. The largest absolute Gasteiger partial charge is 0.371 e. The van der Waals surface area contributed by atoms with Gasteiger partial charge in [0.1, 0.15) is 5.82 Å². The fraction of sp³-hybridized carbons (Fsp3) is 0.560. The summed E-state index contributed by atoms with van der Waals surface area (Å²) in [6.45, 7) is 8.91. The SMILES string of the molecule is CC.Cc1ccc(C(=O)Nc2cc(C)nc(N3CC(F)(F)C3)n2)c(N2CCC3(CC2)CC3)c1. The van der Waals surface area contributed by atoms with Gasteiger partial charge in [-0.3, -0.25) is 4.79 Å². The molecular weight excluding hydrogens is 424 g/mol. The van der Waals surface area contributed by atoms with Crippen LogP contribution >= 0.6 is 0 Å². The molecule has 0 radical (unpaired) electrons. The number of nitrogens with one attached hydrogen (secondary N) is 1. The van der Waals surface area contributed by atoms with E-state index >= 15 is 0 Å². The van der Waals surface area contributed by atoms with Gasteiger partial charge in [-0.2, -0.15) is 4.98 Å². The summed E-state index contributed by atoms with van der Waals surface area (Å²) >= 11 is 0. The van der Waals surface area contributed by atoms with E-state index in [2.05, 4.69) is 26.3 Å². The lowest BCUT2D eigenvalue weighted by Gasteiger charge is -2.38. The molecule has 0 atom stereocenters. The van der Waals surface area contributed by atoms with E-state index in [9.17, 15) is 13.6 Å². The third-order valence-electron chi connectivity index (χ3n) is 6.73. The minimum Gasteiger partial charge on any atom is -0.371 e. The number of hydrogen-bond acceptors (Lipinski definition) is 5. The van der Waals surface area contributed by atoms with Gasteiger partial charge < -0.3 is 15.1 Å². The van der Waals surface area contributed by atoms with E-state index in [1.807, 2.05) is 32.9 Å². The van der Waals surface area contributed by atoms with Crippen LogP contribution < -0.4 is 15.1 Å². The van der Waals surface area contributed by atoms with Gasteiger partial charge in [0, 0.05) is 30.5 Å². The van der Waals surface area contributed by atoms with Gasteiger partial charge in [-0.05, 0) is 62.6 Å². The Kier molecular flexibility index (Phi) is 6.29. The van der Waals surface area contributed by atoms with E-state index in [1.54, 1.807) is 13.0 Å². The van der Waals surface area contributed by atoms with Crippen molar-refractivity contribution in [3.63, 3.8) is 0 Å². The minimum absolute atomic E-state index is 0.219. The molecule has 2 aromatic rings. The fourth-order valence-electron chi connectivity index (χ4n) is 4.59. The lowest BCUT2D eigenvalue weighted by Crippen LogP contribution is -2.57. The Hall–Kier alpha value is -2.77.